The zero-order valence-corrected chi connectivity index (χ0v) is 14.2. The topological polar surface area (TPSA) is 54.0 Å². The molecule has 0 radical (unpaired) electrons. The smallest absolute Gasteiger partial charge is 0.251 e. The van der Waals surface area contributed by atoms with Crippen molar-refractivity contribution >= 4 is 29.0 Å². The zero-order valence-electron chi connectivity index (χ0n) is 13.5. The predicted octanol–water partition coefficient (Wildman–Crippen LogP) is 4.69. The maximum absolute atomic E-state index is 13.7. The molecule has 1 amide bonds. The van der Waals surface area contributed by atoms with Gasteiger partial charge >= 0.3 is 0 Å². The number of benzene rings is 2. The van der Waals surface area contributed by atoms with Gasteiger partial charge in [0.1, 0.15) is 23.1 Å². The second-order valence-corrected chi connectivity index (χ2v) is 5.90. The van der Waals surface area contributed by atoms with Crippen LogP contribution in [0.5, 0.6) is 0 Å². The first-order valence-corrected chi connectivity index (χ1v) is 8.10. The third-order valence-corrected chi connectivity index (χ3v) is 3.86. The molecular weight excluding hydrogens is 360 g/mol. The van der Waals surface area contributed by atoms with E-state index in [0.29, 0.717) is 17.1 Å². The molecule has 0 saturated carbocycles. The maximum Gasteiger partial charge on any atom is 0.251 e. The summed E-state index contributed by atoms with van der Waals surface area (Å²) in [5.74, 6) is -1.67. The largest absolute Gasteiger partial charge is 0.348 e. The van der Waals surface area contributed by atoms with Crippen LogP contribution in [0.1, 0.15) is 15.9 Å². The summed E-state index contributed by atoms with van der Waals surface area (Å²) in [7, 11) is 0. The number of halogens is 3. The number of nitrogens with one attached hydrogen (secondary N) is 2. The number of carbonyl (C=O) groups is 1. The highest BCUT2D eigenvalue weighted by Crippen LogP contribution is 2.22. The fourth-order valence-corrected chi connectivity index (χ4v) is 2.40. The predicted molar refractivity (Wildman–Crippen MR) is 96.5 cm³/mol. The summed E-state index contributed by atoms with van der Waals surface area (Å²) < 4.78 is 27.4. The standard InChI is InChI=1S/C19H14ClF2N3O/c20-14-6-4-12(5-7-14)11-24-19(26)13-8-9-23-17(10-13)25-18-15(21)2-1-3-16(18)22/h1-10H,11H2,(H,23,25)(H,24,26). The Labute approximate surface area is 153 Å². The molecule has 2 N–H and O–H groups in total. The van der Waals surface area contributed by atoms with Gasteiger partial charge < -0.3 is 10.6 Å². The minimum atomic E-state index is -0.746. The number of amides is 1. The van der Waals surface area contributed by atoms with Crippen molar-refractivity contribution in [2.45, 2.75) is 6.54 Å². The molecule has 26 heavy (non-hydrogen) atoms. The lowest BCUT2D eigenvalue weighted by atomic mass is 10.2. The van der Waals surface area contributed by atoms with Crippen LogP contribution < -0.4 is 10.6 Å². The van der Waals surface area contributed by atoms with E-state index in [-0.39, 0.29) is 17.4 Å². The highest BCUT2D eigenvalue weighted by molar-refractivity contribution is 6.30. The van der Waals surface area contributed by atoms with E-state index in [0.717, 1.165) is 17.7 Å². The van der Waals surface area contributed by atoms with Crippen molar-refractivity contribution in [3.05, 3.63) is 88.6 Å². The van der Waals surface area contributed by atoms with Crippen LogP contribution in [0.2, 0.25) is 5.02 Å². The molecule has 0 atom stereocenters. The van der Waals surface area contributed by atoms with Crippen LogP contribution in [0, 0.1) is 11.6 Å². The third kappa shape index (κ3) is 4.34. The lowest BCUT2D eigenvalue weighted by Gasteiger charge is -2.10. The Hall–Kier alpha value is -2.99. The van der Waals surface area contributed by atoms with Gasteiger partial charge in [-0.25, -0.2) is 13.8 Å². The molecule has 132 valence electrons. The molecule has 0 unspecified atom stereocenters. The van der Waals surface area contributed by atoms with Crippen LogP contribution in [0.3, 0.4) is 0 Å². The number of nitrogens with zero attached hydrogens (tertiary/aromatic N) is 1. The van der Waals surface area contributed by atoms with Gasteiger partial charge in [-0.1, -0.05) is 29.8 Å². The number of pyridine rings is 1. The van der Waals surface area contributed by atoms with Crippen molar-refractivity contribution in [3.8, 4) is 0 Å². The summed E-state index contributed by atoms with van der Waals surface area (Å²) in [5.41, 5.74) is 0.885. The normalized spacial score (nSPS) is 10.4. The molecular formula is C19H14ClF2N3O. The van der Waals surface area contributed by atoms with Gasteiger partial charge in [0.25, 0.3) is 5.91 Å². The van der Waals surface area contributed by atoms with Gasteiger partial charge in [-0.15, -0.1) is 0 Å². The molecule has 0 spiro atoms. The van der Waals surface area contributed by atoms with Gasteiger partial charge in [-0.2, -0.15) is 0 Å². The van der Waals surface area contributed by atoms with Crippen LogP contribution in [-0.4, -0.2) is 10.9 Å². The Kier molecular flexibility index (Phi) is 5.43. The van der Waals surface area contributed by atoms with Crippen LogP contribution in [-0.2, 0) is 6.54 Å². The Balaban J connectivity index is 1.70. The molecule has 3 rings (SSSR count). The molecule has 0 aliphatic rings. The first-order chi connectivity index (χ1) is 12.5. The van der Waals surface area contributed by atoms with Gasteiger partial charge in [0, 0.05) is 23.3 Å². The number of aromatic nitrogens is 1. The molecule has 3 aromatic rings. The monoisotopic (exact) mass is 373 g/mol. The Morgan fingerprint density at radius 2 is 1.73 bits per heavy atom. The summed E-state index contributed by atoms with van der Waals surface area (Å²) in [6, 6.07) is 13.6. The number of anilines is 2. The first-order valence-electron chi connectivity index (χ1n) is 7.72. The number of rotatable bonds is 5. The summed E-state index contributed by atoms with van der Waals surface area (Å²) in [4.78, 5) is 16.3. The van der Waals surface area contributed by atoms with E-state index in [1.807, 2.05) is 12.1 Å². The summed E-state index contributed by atoms with van der Waals surface area (Å²) in [6.07, 6.45) is 1.39. The van der Waals surface area contributed by atoms with Crippen molar-refractivity contribution < 1.29 is 13.6 Å². The van der Waals surface area contributed by atoms with Gasteiger partial charge in [0.15, 0.2) is 0 Å². The second kappa shape index (κ2) is 7.93. The van der Waals surface area contributed by atoms with Crippen molar-refractivity contribution in [3.63, 3.8) is 0 Å². The van der Waals surface area contributed by atoms with E-state index >= 15 is 0 Å². The molecule has 1 heterocycles. The molecule has 0 bridgehead atoms. The second-order valence-electron chi connectivity index (χ2n) is 5.46. The number of hydrogen-bond acceptors (Lipinski definition) is 3. The molecule has 7 heteroatoms. The first kappa shape index (κ1) is 17.8. The number of carbonyl (C=O) groups excluding carboxylic acids is 1. The molecule has 0 saturated heterocycles. The fraction of sp³-hybridized carbons (Fsp3) is 0.0526. The van der Waals surface area contributed by atoms with Crippen molar-refractivity contribution in [1.82, 2.24) is 10.3 Å². The van der Waals surface area contributed by atoms with Gasteiger partial charge in [0.2, 0.25) is 0 Å². The van der Waals surface area contributed by atoms with E-state index in [1.165, 1.54) is 24.4 Å². The van der Waals surface area contributed by atoms with E-state index in [4.69, 9.17) is 11.6 Å². The SMILES string of the molecule is O=C(NCc1ccc(Cl)cc1)c1ccnc(Nc2c(F)cccc2F)c1. The van der Waals surface area contributed by atoms with Crippen LogP contribution in [0.4, 0.5) is 20.3 Å². The van der Waals surface area contributed by atoms with Crippen LogP contribution in [0.25, 0.3) is 0 Å². The highest BCUT2D eigenvalue weighted by Gasteiger charge is 2.11. The lowest BCUT2D eigenvalue weighted by Crippen LogP contribution is -2.22. The average molecular weight is 374 g/mol. The summed E-state index contributed by atoms with van der Waals surface area (Å²) in [5, 5.41) is 5.94. The quantitative estimate of drug-likeness (QED) is 0.682. The number of hydrogen-bond donors (Lipinski definition) is 2. The van der Waals surface area contributed by atoms with E-state index in [1.54, 1.807) is 12.1 Å². The zero-order chi connectivity index (χ0) is 18.5. The lowest BCUT2D eigenvalue weighted by molar-refractivity contribution is 0.0951. The molecule has 0 aliphatic heterocycles. The molecule has 4 nitrogen and oxygen atoms in total. The van der Waals surface area contributed by atoms with Crippen LogP contribution in [0.15, 0.2) is 60.8 Å². The van der Waals surface area contributed by atoms with Gasteiger partial charge in [-0.05, 0) is 42.0 Å². The molecule has 0 fully saturated rings. The highest BCUT2D eigenvalue weighted by atomic mass is 35.5. The van der Waals surface area contributed by atoms with E-state index < -0.39 is 11.6 Å². The molecule has 1 aromatic heterocycles. The Morgan fingerprint density at radius 1 is 1.04 bits per heavy atom. The Morgan fingerprint density at radius 3 is 2.42 bits per heavy atom. The maximum atomic E-state index is 13.7. The third-order valence-electron chi connectivity index (χ3n) is 3.60. The Bertz CT molecular complexity index is 912. The number of para-hydroxylation sites is 1. The molecule has 2 aromatic carbocycles. The average Bonchev–Trinajstić information content (AvgIpc) is 2.64. The summed E-state index contributed by atoms with van der Waals surface area (Å²) >= 11 is 5.82. The van der Waals surface area contributed by atoms with E-state index in [9.17, 15) is 13.6 Å². The van der Waals surface area contributed by atoms with Gasteiger partial charge in [0.05, 0.1) is 0 Å². The fourth-order valence-electron chi connectivity index (χ4n) is 2.27. The van der Waals surface area contributed by atoms with Crippen LogP contribution >= 0.6 is 11.6 Å². The van der Waals surface area contributed by atoms with Crippen molar-refractivity contribution in [2.24, 2.45) is 0 Å². The van der Waals surface area contributed by atoms with Crippen molar-refractivity contribution in [2.75, 3.05) is 5.32 Å². The molecule has 0 aliphatic carbocycles. The minimum absolute atomic E-state index is 0.160. The van der Waals surface area contributed by atoms with E-state index in [2.05, 4.69) is 15.6 Å². The van der Waals surface area contributed by atoms with Gasteiger partial charge in [-0.3, -0.25) is 4.79 Å². The van der Waals surface area contributed by atoms with Crippen molar-refractivity contribution in [1.29, 1.82) is 0 Å². The summed E-state index contributed by atoms with van der Waals surface area (Å²) in [6.45, 7) is 0.322. The minimum Gasteiger partial charge on any atom is -0.348 e.